The van der Waals surface area contributed by atoms with E-state index in [9.17, 15) is 5.11 Å². The second-order valence-electron chi connectivity index (χ2n) is 2.72. The molecule has 0 aromatic carbocycles. The van der Waals surface area contributed by atoms with Crippen LogP contribution in [0.15, 0.2) is 15.2 Å². The van der Waals surface area contributed by atoms with Gasteiger partial charge >= 0.3 is 0 Å². The Morgan fingerprint density at radius 3 is 2.67 bits per heavy atom. The molecule has 0 amide bonds. The van der Waals surface area contributed by atoms with Crippen LogP contribution in [0.4, 0.5) is 0 Å². The van der Waals surface area contributed by atoms with Gasteiger partial charge in [-0.3, -0.25) is 0 Å². The van der Waals surface area contributed by atoms with E-state index in [2.05, 4.69) is 15.9 Å². The molecule has 1 aromatic rings. The molecule has 1 heterocycles. The summed E-state index contributed by atoms with van der Waals surface area (Å²) in [5.74, 6) is 0. The zero-order chi connectivity index (χ0) is 9.19. The van der Waals surface area contributed by atoms with Crippen molar-refractivity contribution in [2.45, 2.75) is 18.9 Å². The van der Waals surface area contributed by atoms with Crippen LogP contribution in [0.2, 0.25) is 0 Å². The van der Waals surface area contributed by atoms with E-state index in [0.717, 1.165) is 10.0 Å². The lowest BCUT2D eigenvalue weighted by molar-refractivity contribution is 0.0416. The normalized spacial score (nSPS) is 16.0. The second-order valence-corrected chi connectivity index (χ2v) is 4.32. The molecule has 0 aliphatic carbocycles. The lowest BCUT2D eigenvalue weighted by Crippen LogP contribution is -2.33. The highest BCUT2D eigenvalue weighted by Crippen LogP contribution is 2.33. The minimum Gasteiger partial charge on any atom is -0.384 e. The van der Waals surface area contributed by atoms with E-state index in [4.69, 9.17) is 5.73 Å². The van der Waals surface area contributed by atoms with Crippen molar-refractivity contribution in [3.8, 4) is 0 Å². The maximum Gasteiger partial charge on any atom is 0.103 e. The summed E-state index contributed by atoms with van der Waals surface area (Å²) in [6, 6.07) is 0. The van der Waals surface area contributed by atoms with Crippen LogP contribution in [-0.4, -0.2) is 11.7 Å². The van der Waals surface area contributed by atoms with E-state index in [1.165, 1.54) is 0 Å². The summed E-state index contributed by atoms with van der Waals surface area (Å²) in [4.78, 5) is 0. The molecule has 2 nitrogen and oxygen atoms in total. The molecule has 68 valence electrons. The van der Waals surface area contributed by atoms with Crippen molar-refractivity contribution >= 4 is 27.3 Å². The Labute approximate surface area is 84.5 Å². The average molecular weight is 250 g/mol. The van der Waals surface area contributed by atoms with Crippen molar-refractivity contribution in [1.29, 1.82) is 0 Å². The minimum atomic E-state index is -0.862. The second kappa shape index (κ2) is 3.87. The van der Waals surface area contributed by atoms with E-state index < -0.39 is 5.60 Å². The first-order valence-corrected chi connectivity index (χ1v) is 5.52. The van der Waals surface area contributed by atoms with E-state index >= 15 is 0 Å². The van der Waals surface area contributed by atoms with E-state index in [1.54, 1.807) is 11.3 Å². The van der Waals surface area contributed by atoms with Crippen molar-refractivity contribution in [2.24, 2.45) is 5.73 Å². The van der Waals surface area contributed by atoms with Gasteiger partial charge in [0.15, 0.2) is 0 Å². The molecule has 3 N–H and O–H groups in total. The predicted octanol–water partition coefficient (Wildman–Crippen LogP) is 2.07. The quantitative estimate of drug-likeness (QED) is 0.862. The summed E-state index contributed by atoms with van der Waals surface area (Å²) < 4.78 is 0.947. The number of thiophene rings is 1. The predicted molar refractivity (Wildman–Crippen MR) is 55.3 cm³/mol. The summed E-state index contributed by atoms with van der Waals surface area (Å²) >= 11 is 4.94. The van der Waals surface area contributed by atoms with Gasteiger partial charge in [0.25, 0.3) is 0 Å². The number of halogens is 1. The molecule has 0 aliphatic heterocycles. The fourth-order valence-electron chi connectivity index (χ4n) is 1.06. The Hall–Kier alpha value is 0.100. The minimum absolute atomic E-state index is 0.263. The summed E-state index contributed by atoms with van der Waals surface area (Å²) in [5, 5.41) is 13.9. The molecule has 0 fully saturated rings. The van der Waals surface area contributed by atoms with Crippen molar-refractivity contribution < 1.29 is 5.11 Å². The summed E-state index contributed by atoms with van der Waals surface area (Å²) in [6.07, 6.45) is 0.638. The molecule has 1 unspecified atom stereocenters. The molecule has 0 saturated carbocycles. The zero-order valence-electron chi connectivity index (χ0n) is 6.88. The van der Waals surface area contributed by atoms with Gasteiger partial charge in [-0.15, -0.1) is 0 Å². The van der Waals surface area contributed by atoms with Gasteiger partial charge in [0, 0.05) is 22.0 Å². The SMILES string of the molecule is CCC(O)(CN)c1cscc1Br. The van der Waals surface area contributed by atoms with Gasteiger partial charge in [0.05, 0.1) is 0 Å². The summed E-state index contributed by atoms with van der Waals surface area (Å²) in [5.41, 5.74) is 5.55. The Morgan fingerprint density at radius 1 is 1.67 bits per heavy atom. The molecule has 0 saturated heterocycles. The largest absolute Gasteiger partial charge is 0.384 e. The van der Waals surface area contributed by atoms with Gasteiger partial charge in [-0.05, 0) is 27.7 Å². The van der Waals surface area contributed by atoms with Crippen LogP contribution < -0.4 is 5.73 Å². The van der Waals surface area contributed by atoms with Gasteiger partial charge in [-0.25, -0.2) is 0 Å². The third kappa shape index (κ3) is 1.71. The number of hydrogen-bond acceptors (Lipinski definition) is 3. The van der Waals surface area contributed by atoms with Crippen LogP contribution in [0, 0.1) is 0 Å². The highest BCUT2D eigenvalue weighted by Gasteiger charge is 2.27. The number of rotatable bonds is 3. The first-order valence-electron chi connectivity index (χ1n) is 3.78. The zero-order valence-corrected chi connectivity index (χ0v) is 9.28. The van der Waals surface area contributed by atoms with Crippen LogP contribution in [-0.2, 0) is 5.60 Å². The molecule has 0 spiro atoms. The van der Waals surface area contributed by atoms with E-state index in [-0.39, 0.29) is 6.54 Å². The molecular weight excluding hydrogens is 238 g/mol. The molecule has 12 heavy (non-hydrogen) atoms. The van der Waals surface area contributed by atoms with Crippen molar-refractivity contribution in [3.63, 3.8) is 0 Å². The van der Waals surface area contributed by atoms with Crippen LogP contribution in [0.25, 0.3) is 0 Å². The van der Waals surface area contributed by atoms with Crippen molar-refractivity contribution in [3.05, 3.63) is 20.8 Å². The number of hydrogen-bond donors (Lipinski definition) is 2. The molecule has 1 rings (SSSR count). The highest BCUT2D eigenvalue weighted by molar-refractivity contribution is 9.10. The Kier molecular flexibility index (Phi) is 3.29. The van der Waals surface area contributed by atoms with E-state index in [1.807, 2.05) is 17.7 Å². The lowest BCUT2D eigenvalue weighted by atomic mass is 9.94. The third-order valence-corrected chi connectivity index (χ3v) is 3.74. The van der Waals surface area contributed by atoms with Gasteiger partial charge in [0.1, 0.15) is 5.60 Å². The van der Waals surface area contributed by atoms with E-state index in [0.29, 0.717) is 6.42 Å². The molecule has 1 aromatic heterocycles. The smallest absolute Gasteiger partial charge is 0.103 e. The van der Waals surface area contributed by atoms with Crippen LogP contribution in [0.5, 0.6) is 0 Å². The topological polar surface area (TPSA) is 46.2 Å². The van der Waals surface area contributed by atoms with Crippen LogP contribution in [0.1, 0.15) is 18.9 Å². The Bertz CT molecular complexity index is 257. The number of nitrogens with two attached hydrogens (primary N) is 1. The highest BCUT2D eigenvalue weighted by atomic mass is 79.9. The Balaban J connectivity index is 3.02. The maximum absolute atomic E-state index is 10.0. The first-order chi connectivity index (χ1) is 5.64. The first kappa shape index (κ1) is 10.2. The van der Waals surface area contributed by atoms with Crippen LogP contribution >= 0.6 is 27.3 Å². The molecule has 0 aliphatic rings. The van der Waals surface area contributed by atoms with Crippen molar-refractivity contribution in [1.82, 2.24) is 0 Å². The molecular formula is C8H12BrNOS. The molecule has 1 atom stereocenters. The molecule has 0 bridgehead atoms. The van der Waals surface area contributed by atoms with Gasteiger partial charge in [-0.1, -0.05) is 6.92 Å². The average Bonchev–Trinajstić information content (AvgIpc) is 2.51. The standard InChI is InChI=1S/C8H12BrNOS/c1-2-8(11,5-10)6-3-12-4-7(6)9/h3-4,11H,2,5,10H2,1H3. The molecule has 4 heteroatoms. The number of aliphatic hydroxyl groups is 1. The fraction of sp³-hybridized carbons (Fsp3) is 0.500. The molecule has 0 radical (unpaired) electrons. The summed E-state index contributed by atoms with van der Waals surface area (Å²) in [7, 11) is 0. The van der Waals surface area contributed by atoms with Gasteiger partial charge in [-0.2, -0.15) is 11.3 Å². The monoisotopic (exact) mass is 249 g/mol. The van der Waals surface area contributed by atoms with Gasteiger partial charge in [0.2, 0.25) is 0 Å². The van der Waals surface area contributed by atoms with Crippen molar-refractivity contribution in [2.75, 3.05) is 6.54 Å². The lowest BCUT2D eigenvalue weighted by Gasteiger charge is -2.24. The van der Waals surface area contributed by atoms with Crippen LogP contribution in [0.3, 0.4) is 0 Å². The maximum atomic E-state index is 10.0. The third-order valence-electron chi connectivity index (χ3n) is 2.04. The Morgan fingerprint density at radius 2 is 2.33 bits per heavy atom. The van der Waals surface area contributed by atoms with Gasteiger partial charge < -0.3 is 10.8 Å². The summed E-state index contributed by atoms with van der Waals surface area (Å²) in [6.45, 7) is 2.19. The fourth-order valence-corrected chi connectivity index (χ4v) is 2.81.